The van der Waals surface area contributed by atoms with Crippen LogP contribution in [0.2, 0.25) is 0 Å². The molecule has 0 spiro atoms. The third-order valence-electron chi connectivity index (χ3n) is 3.28. The van der Waals surface area contributed by atoms with Crippen LogP contribution < -0.4 is 11.2 Å². The number of hydrazone groups is 1. The minimum absolute atomic E-state index is 0.102. The van der Waals surface area contributed by atoms with Crippen molar-refractivity contribution in [2.45, 2.75) is 19.9 Å². The molecular weight excluding hydrogens is 306 g/mol. The molecule has 0 saturated carbocycles. The Bertz CT molecular complexity index is 584. The molecule has 1 aromatic rings. The van der Waals surface area contributed by atoms with Crippen LogP contribution in [0.5, 0.6) is 0 Å². The second-order valence-corrected chi connectivity index (χ2v) is 6.05. The Morgan fingerprint density at radius 1 is 1.33 bits per heavy atom. The summed E-state index contributed by atoms with van der Waals surface area (Å²) in [6.45, 7) is 4.79. The van der Waals surface area contributed by atoms with Crippen molar-refractivity contribution in [2.75, 3.05) is 27.7 Å². The van der Waals surface area contributed by atoms with Gasteiger partial charge in [0.25, 0.3) is 5.91 Å². The van der Waals surface area contributed by atoms with Crippen LogP contribution in [0.3, 0.4) is 0 Å². The van der Waals surface area contributed by atoms with Crippen molar-refractivity contribution in [1.29, 1.82) is 0 Å². The Balaban J connectivity index is 2.59. The normalized spacial score (nSPS) is 13.9. The fourth-order valence-electron chi connectivity index (χ4n) is 1.71. The third kappa shape index (κ3) is 7.19. The number of carbonyl (C=O) groups excluding carboxylic acids is 1. The molecule has 0 aliphatic carbocycles. The lowest BCUT2D eigenvalue weighted by Crippen LogP contribution is -2.34. The standard InChI is InChI=1S/C16H27N7O/c1-12(13(2)17)9-23(5)11-19-21-16(24)14-7-6-8-15(20-14)18-10-22(3)4/h6-8,10-13H,9,17H2,1-5H3,(H,21,24)/b18-10+,19-11+. The maximum Gasteiger partial charge on any atom is 0.290 e. The first-order valence-corrected chi connectivity index (χ1v) is 7.76. The summed E-state index contributed by atoms with van der Waals surface area (Å²) in [5, 5.41) is 3.94. The minimum Gasteiger partial charge on any atom is -0.369 e. The molecule has 1 aromatic heterocycles. The van der Waals surface area contributed by atoms with Gasteiger partial charge >= 0.3 is 0 Å². The third-order valence-corrected chi connectivity index (χ3v) is 3.28. The van der Waals surface area contributed by atoms with Gasteiger partial charge in [-0.1, -0.05) is 13.0 Å². The lowest BCUT2D eigenvalue weighted by Gasteiger charge is -2.21. The first kappa shape index (κ1) is 19.6. The molecule has 0 saturated heterocycles. The monoisotopic (exact) mass is 333 g/mol. The number of nitrogens with two attached hydrogens (primary N) is 1. The van der Waals surface area contributed by atoms with Crippen LogP contribution in [-0.2, 0) is 0 Å². The topological polar surface area (TPSA) is 99.2 Å². The van der Waals surface area contributed by atoms with Gasteiger partial charge in [0.15, 0.2) is 5.82 Å². The number of aromatic nitrogens is 1. The van der Waals surface area contributed by atoms with Crippen LogP contribution in [0.25, 0.3) is 0 Å². The van der Waals surface area contributed by atoms with Crippen molar-refractivity contribution in [3.63, 3.8) is 0 Å². The highest BCUT2D eigenvalue weighted by molar-refractivity contribution is 5.92. The average molecular weight is 333 g/mol. The molecule has 8 heteroatoms. The van der Waals surface area contributed by atoms with Gasteiger partial charge in [0.05, 0.1) is 6.34 Å². The van der Waals surface area contributed by atoms with E-state index in [0.717, 1.165) is 6.54 Å². The van der Waals surface area contributed by atoms with E-state index in [0.29, 0.717) is 11.7 Å². The van der Waals surface area contributed by atoms with Crippen molar-refractivity contribution in [3.8, 4) is 0 Å². The Hall–Kier alpha value is -2.48. The second kappa shape index (κ2) is 9.61. The van der Waals surface area contributed by atoms with Crippen LogP contribution in [0.15, 0.2) is 28.3 Å². The highest BCUT2D eigenvalue weighted by Gasteiger charge is 2.09. The molecule has 0 aromatic carbocycles. The molecule has 24 heavy (non-hydrogen) atoms. The zero-order valence-corrected chi connectivity index (χ0v) is 15.0. The lowest BCUT2D eigenvalue weighted by atomic mass is 10.1. The Kier molecular flexibility index (Phi) is 7.84. The molecule has 0 radical (unpaired) electrons. The molecule has 0 fully saturated rings. The van der Waals surface area contributed by atoms with Gasteiger partial charge in [-0.25, -0.2) is 15.4 Å². The predicted molar refractivity (Wildman–Crippen MR) is 97.5 cm³/mol. The van der Waals surface area contributed by atoms with E-state index in [2.05, 4.69) is 27.4 Å². The van der Waals surface area contributed by atoms with Gasteiger partial charge in [-0.2, -0.15) is 5.10 Å². The predicted octanol–water partition coefficient (Wildman–Crippen LogP) is 0.891. The summed E-state index contributed by atoms with van der Waals surface area (Å²) in [6, 6.07) is 5.17. The van der Waals surface area contributed by atoms with Crippen molar-refractivity contribution in [3.05, 3.63) is 23.9 Å². The average Bonchev–Trinajstić information content (AvgIpc) is 2.52. The number of amides is 1. The zero-order chi connectivity index (χ0) is 18.1. The molecule has 1 heterocycles. The van der Waals surface area contributed by atoms with Gasteiger partial charge < -0.3 is 15.5 Å². The smallest absolute Gasteiger partial charge is 0.290 e. The molecule has 8 nitrogen and oxygen atoms in total. The van der Waals surface area contributed by atoms with Crippen LogP contribution in [0, 0.1) is 5.92 Å². The van der Waals surface area contributed by atoms with E-state index in [4.69, 9.17) is 5.73 Å². The maximum absolute atomic E-state index is 12.1. The molecule has 1 rings (SSSR count). The molecule has 3 N–H and O–H groups in total. The summed E-state index contributed by atoms with van der Waals surface area (Å²) in [5.74, 6) is 0.398. The van der Waals surface area contributed by atoms with E-state index < -0.39 is 0 Å². The number of carbonyl (C=O) groups is 1. The number of hydrogen-bond donors (Lipinski definition) is 2. The number of hydrogen-bond acceptors (Lipinski definition) is 5. The number of rotatable bonds is 8. The Labute approximate surface area is 143 Å². The molecule has 0 aliphatic rings. The van der Waals surface area contributed by atoms with Crippen LogP contribution >= 0.6 is 0 Å². The van der Waals surface area contributed by atoms with Gasteiger partial charge in [-0.3, -0.25) is 4.79 Å². The molecule has 2 atom stereocenters. The molecule has 0 bridgehead atoms. The summed E-state index contributed by atoms with van der Waals surface area (Å²) in [5.41, 5.74) is 8.54. The first-order chi connectivity index (χ1) is 11.3. The summed E-state index contributed by atoms with van der Waals surface area (Å²) in [7, 11) is 5.60. The number of pyridine rings is 1. The summed E-state index contributed by atoms with van der Waals surface area (Å²) < 4.78 is 0. The van der Waals surface area contributed by atoms with Crippen molar-refractivity contribution < 1.29 is 4.79 Å². The quantitative estimate of drug-likeness (QED) is 0.418. The minimum atomic E-state index is -0.387. The Morgan fingerprint density at radius 2 is 2.04 bits per heavy atom. The maximum atomic E-state index is 12.1. The fourth-order valence-corrected chi connectivity index (χ4v) is 1.71. The molecule has 0 aliphatic heterocycles. The van der Waals surface area contributed by atoms with E-state index in [1.807, 2.05) is 33.0 Å². The van der Waals surface area contributed by atoms with Crippen LogP contribution in [0.1, 0.15) is 24.3 Å². The van der Waals surface area contributed by atoms with Crippen molar-refractivity contribution >= 4 is 24.4 Å². The molecule has 1 amide bonds. The van der Waals surface area contributed by atoms with Gasteiger partial charge in [0.1, 0.15) is 12.0 Å². The highest BCUT2D eigenvalue weighted by Crippen LogP contribution is 2.08. The van der Waals surface area contributed by atoms with E-state index in [9.17, 15) is 4.79 Å². The molecule has 2 unspecified atom stereocenters. The second-order valence-electron chi connectivity index (χ2n) is 6.05. The highest BCUT2D eigenvalue weighted by atomic mass is 16.2. The van der Waals surface area contributed by atoms with E-state index in [1.165, 1.54) is 0 Å². The fraction of sp³-hybridized carbons (Fsp3) is 0.500. The Morgan fingerprint density at radius 3 is 2.67 bits per heavy atom. The van der Waals surface area contributed by atoms with Gasteiger partial charge in [0.2, 0.25) is 0 Å². The summed E-state index contributed by atoms with van der Waals surface area (Å²) >= 11 is 0. The SMILES string of the molecule is CC(N)C(C)CN(C)/C=N/NC(=O)c1cccc(/N=C/N(C)C)n1. The van der Waals surface area contributed by atoms with Gasteiger partial charge in [-0.05, 0) is 25.0 Å². The van der Waals surface area contributed by atoms with E-state index >= 15 is 0 Å². The summed E-state index contributed by atoms with van der Waals surface area (Å²) in [6.07, 6.45) is 3.18. The van der Waals surface area contributed by atoms with Gasteiger partial charge in [-0.15, -0.1) is 0 Å². The van der Waals surface area contributed by atoms with Crippen molar-refractivity contribution in [1.82, 2.24) is 20.2 Å². The molecule has 132 valence electrons. The number of nitrogens with one attached hydrogen (secondary N) is 1. The van der Waals surface area contributed by atoms with Crippen molar-refractivity contribution in [2.24, 2.45) is 21.7 Å². The lowest BCUT2D eigenvalue weighted by molar-refractivity contribution is 0.0949. The molecular formula is C16H27N7O. The first-order valence-electron chi connectivity index (χ1n) is 7.76. The van der Waals surface area contributed by atoms with E-state index in [-0.39, 0.29) is 17.6 Å². The zero-order valence-electron chi connectivity index (χ0n) is 15.0. The van der Waals surface area contributed by atoms with E-state index in [1.54, 1.807) is 35.8 Å². The summed E-state index contributed by atoms with van der Waals surface area (Å²) in [4.78, 5) is 24.1. The largest absolute Gasteiger partial charge is 0.369 e. The van der Waals surface area contributed by atoms with Crippen LogP contribution in [-0.4, -0.2) is 67.1 Å². The van der Waals surface area contributed by atoms with Gasteiger partial charge in [0, 0.05) is 33.7 Å². The number of aliphatic imine (C=N–C) groups is 1. The van der Waals surface area contributed by atoms with Crippen LogP contribution in [0.4, 0.5) is 5.82 Å². The number of nitrogens with zero attached hydrogens (tertiary/aromatic N) is 5.